The second kappa shape index (κ2) is 11.4. The van der Waals surface area contributed by atoms with Gasteiger partial charge in [0.15, 0.2) is 0 Å². The van der Waals surface area contributed by atoms with E-state index in [9.17, 15) is 4.79 Å². The SMILES string of the molecule is COC(=O)C1C=CCC(CN[C@@H](CN2CCC(C3C=CC(Cl)=CC3)C(C)(C)C2)C(C)C)C1. The molecule has 5 atom stereocenters. The lowest BCUT2D eigenvalue weighted by atomic mass is 9.66. The standard InChI is InChI=1S/C27H43ClN2O2/c1-19(2)25(29-16-20-7-6-8-22(15-20)26(31)32-5)17-30-14-13-24(27(3,4)18-30)21-9-11-23(28)12-10-21/h6,8-9,11-12,19-22,24-25,29H,7,10,13-18H2,1-5H3/t20?,21?,22?,24?,25-/m0/s1. The average molecular weight is 463 g/mol. The molecule has 1 heterocycles. The third-order valence-corrected chi connectivity index (χ3v) is 8.13. The number of carbonyl (C=O) groups excluding carboxylic acids is 1. The van der Waals surface area contributed by atoms with Gasteiger partial charge in [-0.2, -0.15) is 0 Å². The number of likely N-dealkylation sites (tertiary alicyclic amines) is 1. The molecule has 32 heavy (non-hydrogen) atoms. The Bertz CT molecular complexity index is 727. The number of piperidine rings is 1. The molecular weight excluding hydrogens is 420 g/mol. The van der Waals surface area contributed by atoms with E-state index in [-0.39, 0.29) is 17.3 Å². The average Bonchev–Trinajstić information content (AvgIpc) is 2.76. The normalized spacial score (nSPS) is 31.4. The van der Waals surface area contributed by atoms with Gasteiger partial charge in [-0.1, -0.05) is 63.6 Å². The molecule has 3 rings (SSSR count). The van der Waals surface area contributed by atoms with Crippen LogP contribution in [-0.4, -0.2) is 50.2 Å². The summed E-state index contributed by atoms with van der Waals surface area (Å²) in [5, 5.41) is 4.74. The fraction of sp³-hybridized carbons (Fsp3) is 0.741. The van der Waals surface area contributed by atoms with E-state index in [2.05, 4.69) is 62.2 Å². The zero-order valence-electron chi connectivity index (χ0n) is 20.6. The molecule has 1 aliphatic heterocycles. The lowest BCUT2D eigenvalue weighted by molar-refractivity contribution is -0.144. The zero-order valence-corrected chi connectivity index (χ0v) is 21.4. The van der Waals surface area contributed by atoms with E-state index in [1.54, 1.807) is 0 Å². The smallest absolute Gasteiger partial charge is 0.312 e. The number of halogens is 1. The van der Waals surface area contributed by atoms with Crippen molar-refractivity contribution in [2.45, 2.75) is 59.4 Å². The highest BCUT2D eigenvalue weighted by molar-refractivity contribution is 6.31. The fourth-order valence-electron chi connectivity index (χ4n) is 5.91. The Morgan fingerprint density at radius 2 is 2.09 bits per heavy atom. The monoisotopic (exact) mass is 462 g/mol. The van der Waals surface area contributed by atoms with Crippen LogP contribution >= 0.6 is 11.6 Å². The van der Waals surface area contributed by atoms with Crippen LogP contribution in [-0.2, 0) is 9.53 Å². The Kier molecular flexibility index (Phi) is 9.05. The highest BCUT2D eigenvalue weighted by Gasteiger charge is 2.40. The van der Waals surface area contributed by atoms with Crippen molar-refractivity contribution < 1.29 is 9.53 Å². The van der Waals surface area contributed by atoms with Crippen molar-refractivity contribution in [2.24, 2.45) is 35.0 Å². The highest BCUT2D eigenvalue weighted by atomic mass is 35.5. The molecule has 3 aliphatic rings. The van der Waals surface area contributed by atoms with Crippen LogP contribution in [0, 0.1) is 35.0 Å². The molecule has 4 unspecified atom stereocenters. The van der Waals surface area contributed by atoms with Crippen LogP contribution in [0.1, 0.15) is 53.4 Å². The molecule has 1 fully saturated rings. The molecule has 0 aromatic carbocycles. The van der Waals surface area contributed by atoms with Gasteiger partial charge in [0.05, 0.1) is 13.0 Å². The predicted octanol–water partition coefficient (Wildman–Crippen LogP) is 5.40. The molecule has 0 bridgehead atoms. The van der Waals surface area contributed by atoms with Crippen molar-refractivity contribution in [3.05, 3.63) is 35.4 Å². The first-order valence-electron chi connectivity index (χ1n) is 12.4. The van der Waals surface area contributed by atoms with Gasteiger partial charge in [0.1, 0.15) is 0 Å². The molecule has 2 aliphatic carbocycles. The lowest BCUT2D eigenvalue weighted by Crippen LogP contribution is -2.53. The van der Waals surface area contributed by atoms with Crippen molar-refractivity contribution in [1.82, 2.24) is 10.2 Å². The maximum absolute atomic E-state index is 11.9. The van der Waals surface area contributed by atoms with Gasteiger partial charge in [-0.3, -0.25) is 4.79 Å². The van der Waals surface area contributed by atoms with E-state index >= 15 is 0 Å². The minimum Gasteiger partial charge on any atom is -0.469 e. The summed E-state index contributed by atoms with van der Waals surface area (Å²) in [7, 11) is 1.48. The number of esters is 1. The molecule has 0 spiro atoms. The number of carbonyl (C=O) groups is 1. The summed E-state index contributed by atoms with van der Waals surface area (Å²) >= 11 is 6.15. The van der Waals surface area contributed by atoms with E-state index in [1.807, 2.05) is 6.08 Å². The van der Waals surface area contributed by atoms with Crippen molar-refractivity contribution in [3.63, 3.8) is 0 Å². The van der Waals surface area contributed by atoms with Crippen molar-refractivity contribution in [1.29, 1.82) is 0 Å². The van der Waals surface area contributed by atoms with E-state index in [1.165, 1.54) is 13.5 Å². The Hall–Kier alpha value is -1.10. The van der Waals surface area contributed by atoms with Gasteiger partial charge in [-0.25, -0.2) is 0 Å². The van der Waals surface area contributed by atoms with Gasteiger partial charge in [0, 0.05) is 24.2 Å². The second-order valence-electron chi connectivity index (χ2n) is 11.1. The first-order valence-corrected chi connectivity index (χ1v) is 12.8. The van der Waals surface area contributed by atoms with Gasteiger partial charge < -0.3 is 15.0 Å². The molecule has 0 saturated carbocycles. The number of nitrogens with zero attached hydrogens (tertiary/aromatic N) is 1. The first kappa shape index (κ1) is 25.5. The van der Waals surface area contributed by atoms with Crippen LogP contribution in [0.3, 0.4) is 0 Å². The predicted molar refractivity (Wildman–Crippen MR) is 134 cm³/mol. The molecule has 1 saturated heterocycles. The van der Waals surface area contributed by atoms with Gasteiger partial charge in [0.2, 0.25) is 0 Å². The van der Waals surface area contributed by atoms with Crippen LogP contribution in [0.25, 0.3) is 0 Å². The Morgan fingerprint density at radius 3 is 2.72 bits per heavy atom. The van der Waals surface area contributed by atoms with Crippen LogP contribution < -0.4 is 5.32 Å². The third kappa shape index (κ3) is 6.71. The summed E-state index contributed by atoms with van der Waals surface area (Å²) in [6.07, 6.45) is 15.0. The Labute approximate surface area is 200 Å². The number of nitrogens with one attached hydrogen (secondary N) is 1. The third-order valence-electron chi connectivity index (χ3n) is 7.85. The number of hydrogen-bond acceptors (Lipinski definition) is 4. The van der Waals surface area contributed by atoms with E-state index in [0.717, 1.165) is 50.5 Å². The Balaban J connectivity index is 1.51. The highest BCUT2D eigenvalue weighted by Crippen LogP contribution is 2.43. The number of hydrogen-bond donors (Lipinski definition) is 1. The minimum atomic E-state index is -0.109. The summed E-state index contributed by atoms with van der Waals surface area (Å²) in [6, 6.07) is 0.459. The fourth-order valence-corrected chi connectivity index (χ4v) is 6.07. The van der Waals surface area contributed by atoms with Gasteiger partial charge in [-0.05, 0) is 73.9 Å². The minimum absolute atomic E-state index is 0.0866. The maximum atomic E-state index is 11.9. The number of ether oxygens (including phenoxy) is 1. The van der Waals surface area contributed by atoms with E-state index in [0.29, 0.717) is 29.7 Å². The van der Waals surface area contributed by atoms with Gasteiger partial charge in [-0.15, -0.1) is 0 Å². The largest absolute Gasteiger partial charge is 0.469 e. The Morgan fingerprint density at radius 1 is 1.31 bits per heavy atom. The summed E-state index contributed by atoms with van der Waals surface area (Å²) in [5.74, 6) is 2.17. The van der Waals surface area contributed by atoms with Gasteiger partial charge >= 0.3 is 5.97 Å². The number of allylic oxidation sites excluding steroid dienone is 5. The summed E-state index contributed by atoms with van der Waals surface area (Å²) in [6.45, 7) is 13.9. The number of methoxy groups -OCH3 is 1. The summed E-state index contributed by atoms with van der Waals surface area (Å²) in [4.78, 5) is 14.6. The molecule has 0 amide bonds. The maximum Gasteiger partial charge on any atom is 0.312 e. The summed E-state index contributed by atoms with van der Waals surface area (Å²) in [5.41, 5.74) is 0.286. The van der Waals surface area contributed by atoms with Crippen LogP contribution in [0.15, 0.2) is 35.4 Å². The molecule has 0 radical (unpaired) electrons. The topological polar surface area (TPSA) is 41.6 Å². The van der Waals surface area contributed by atoms with E-state index < -0.39 is 0 Å². The number of rotatable bonds is 8. The molecule has 4 nitrogen and oxygen atoms in total. The van der Waals surface area contributed by atoms with Crippen LogP contribution in [0.2, 0.25) is 0 Å². The van der Waals surface area contributed by atoms with E-state index in [4.69, 9.17) is 16.3 Å². The van der Waals surface area contributed by atoms with Crippen molar-refractivity contribution in [3.8, 4) is 0 Å². The quantitative estimate of drug-likeness (QED) is 0.387. The first-order chi connectivity index (χ1) is 15.2. The van der Waals surface area contributed by atoms with Crippen molar-refractivity contribution >= 4 is 17.6 Å². The molecular formula is C27H43ClN2O2. The second-order valence-corrected chi connectivity index (χ2v) is 11.6. The molecule has 5 heteroatoms. The zero-order chi connectivity index (χ0) is 23.3. The molecule has 180 valence electrons. The summed E-state index contributed by atoms with van der Waals surface area (Å²) < 4.78 is 4.95. The van der Waals surface area contributed by atoms with Crippen molar-refractivity contribution in [2.75, 3.05) is 33.3 Å². The molecule has 1 N–H and O–H groups in total. The van der Waals surface area contributed by atoms with Gasteiger partial charge in [0.25, 0.3) is 0 Å². The van der Waals surface area contributed by atoms with Crippen LogP contribution in [0.5, 0.6) is 0 Å². The molecule has 0 aromatic heterocycles. The van der Waals surface area contributed by atoms with Crippen LogP contribution in [0.4, 0.5) is 0 Å². The lowest BCUT2D eigenvalue weighted by Gasteiger charge is -2.48. The molecule has 0 aromatic rings.